The first-order chi connectivity index (χ1) is 14.4. The van der Waals surface area contributed by atoms with Crippen LogP contribution in [0.3, 0.4) is 0 Å². The van der Waals surface area contributed by atoms with Crippen molar-refractivity contribution in [3.05, 3.63) is 71.3 Å². The van der Waals surface area contributed by atoms with Gasteiger partial charge in [-0.1, -0.05) is 18.2 Å². The van der Waals surface area contributed by atoms with E-state index in [2.05, 4.69) is 20.3 Å². The van der Waals surface area contributed by atoms with E-state index in [0.29, 0.717) is 5.56 Å². The molecular weight excluding hydrogens is 389 g/mol. The van der Waals surface area contributed by atoms with E-state index in [4.69, 9.17) is 10.5 Å². The molecule has 3 rings (SSSR count). The maximum atomic E-state index is 12.9. The van der Waals surface area contributed by atoms with Crippen molar-refractivity contribution < 1.29 is 18.7 Å². The van der Waals surface area contributed by atoms with Gasteiger partial charge in [-0.05, 0) is 42.8 Å². The number of aryl methyl sites for hydroxylation is 1. The Balaban J connectivity index is 1.54. The number of ether oxygens (including phenoxy) is 1. The van der Waals surface area contributed by atoms with E-state index in [-0.39, 0.29) is 43.0 Å². The van der Waals surface area contributed by atoms with Crippen LogP contribution in [0, 0.1) is 12.7 Å². The number of Topliss-reactive ketones (excluding diaryl/α,β-unsaturated/α-hetero) is 1. The summed E-state index contributed by atoms with van der Waals surface area (Å²) in [6, 6.07) is 12.7. The highest BCUT2D eigenvalue weighted by molar-refractivity contribution is 5.97. The van der Waals surface area contributed by atoms with Gasteiger partial charge in [-0.3, -0.25) is 9.59 Å². The smallest absolute Gasteiger partial charge is 0.306 e. The fraction of sp³-hybridized carbons (Fsp3) is 0.190. The van der Waals surface area contributed by atoms with Gasteiger partial charge in [-0.2, -0.15) is 15.0 Å². The summed E-state index contributed by atoms with van der Waals surface area (Å²) in [4.78, 5) is 36.2. The predicted molar refractivity (Wildman–Crippen MR) is 108 cm³/mol. The lowest BCUT2D eigenvalue weighted by Gasteiger charge is -2.09. The highest BCUT2D eigenvalue weighted by Gasteiger charge is 2.12. The van der Waals surface area contributed by atoms with Crippen molar-refractivity contribution in [2.75, 3.05) is 11.1 Å². The standard InChI is InChI=1S/C21H20FN5O3/c1-13-4-2-3-5-16(13)24-21-26-18(25-20(23)27-21)12-30-19(29)11-10-17(28)14-6-8-15(22)9-7-14/h2-9H,10-12H2,1H3,(H3,23,24,25,26,27). The molecule has 30 heavy (non-hydrogen) atoms. The van der Waals surface area contributed by atoms with E-state index in [9.17, 15) is 14.0 Å². The molecule has 3 N–H and O–H groups in total. The summed E-state index contributed by atoms with van der Waals surface area (Å²) in [6.45, 7) is 1.72. The number of hydrogen-bond acceptors (Lipinski definition) is 8. The molecule has 0 fully saturated rings. The molecule has 154 valence electrons. The van der Waals surface area contributed by atoms with Crippen molar-refractivity contribution >= 4 is 29.3 Å². The lowest BCUT2D eigenvalue weighted by molar-refractivity contribution is -0.145. The Morgan fingerprint density at radius 1 is 1.03 bits per heavy atom. The fourth-order valence-corrected chi connectivity index (χ4v) is 2.60. The van der Waals surface area contributed by atoms with Crippen molar-refractivity contribution in [1.29, 1.82) is 0 Å². The molecule has 1 heterocycles. The summed E-state index contributed by atoms with van der Waals surface area (Å²) in [5, 5.41) is 3.05. The number of rotatable bonds is 8. The second-order valence-corrected chi connectivity index (χ2v) is 6.46. The van der Waals surface area contributed by atoms with Gasteiger partial charge in [-0.15, -0.1) is 0 Å². The molecule has 0 amide bonds. The Kier molecular flexibility index (Phi) is 6.63. The third-order valence-corrected chi connectivity index (χ3v) is 4.18. The number of nitrogen functional groups attached to an aromatic ring is 1. The molecule has 0 aliphatic carbocycles. The molecule has 8 nitrogen and oxygen atoms in total. The molecular formula is C21H20FN5O3. The van der Waals surface area contributed by atoms with E-state index in [1.807, 2.05) is 31.2 Å². The highest BCUT2D eigenvalue weighted by atomic mass is 19.1. The minimum absolute atomic E-state index is 0.0152. The average Bonchev–Trinajstić information content (AvgIpc) is 2.72. The number of nitrogens with one attached hydrogen (secondary N) is 1. The van der Waals surface area contributed by atoms with Crippen LogP contribution >= 0.6 is 0 Å². The number of halogens is 1. The van der Waals surface area contributed by atoms with Crippen LogP contribution in [0.25, 0.3) is 0 Å². The first-order valence-electron chi connectivity index (χ1n) is 9.18. The Bertz CT molecular complexity index is 1060. The van der Waals surface area contributed by atoms with Crippen molar-refractivity contribution in [1.82, 2.24) is 15.0 Å². The fourth-order valence-electron chi connectivity index (χ4n) is 2.60. The van der Waals surface area contributed by atoms with Gasteiger partial charge in [0.05, 0.1) is 6.42 Å². The number of aromatic nitrogens is 3. The quantitative estimate of drug-likeness (QED) is 0.429. The molecule has 1 aromatic heterocycles. The topological polar surface area (TPSA) is 120 Å². The SMILES string of the molecule is Cc1ccccc1Nc1nc(N)nc(COC(=O)CCC(=O)c2ccc(F)cc2)n1. The van der Waals surface area contributed by atoms with Crippen LogP contribution in [-0.4, -0.2) is 26.7 Å². The molecule has 0 unspecified atom stereocenters. The van der Waals surface area contributed by atoms with Crippen LogP contribution in [0.1, 0.15) is 34.6 Å². The summed E-state index contributed by atoms with van der Waals surface area (Å²) >= 11 is 0. The van der Waals surface area contributed by atoms with Crippen LogP contribution in [0.4, 0.5) is 22.0 Å². The van der Waals surface area contributed by atoms with E-state index >= 15 is 0 Å². The predicted octanol–water partition coefficient (Wildman–Crippen LogP) is 3.35. The minimum Gasteiger partial charge on any atom is -0.457 e. The molecule has 0 saturated carbocycles. The Labute approximate surface area is 172 Å². The Morgan fingerprint density at radius 2 is 1.77 bits per heavy atom. The van der Waals surface area contributed by atoms with Crippen LogP contribution in [0.5, 0.6) is 0 Å². The maximum Gasteiger partial charge on any atom is 0.306 e. The number of nitrogens with two attached hydrogens (primary N) is 1. The van der Waals surface area contributed by atoms with Crippen molar-refractivity contribution in [2.45, 2.75) is 26.4 Å². The van der Waals surface area contributed by atoms with Gasteiger partial charge < -0.3 is 15.8 Å². The second kappa shape index (κ2) is 9.55. The zero-order chi connectivity index (χ0) is 21.5. The number of carbonyl (C=O) groups excluding carboxylic acids is 2. The molecule has 0 atom stereocenters. The lowest BCUT2D eigenvalue weighted by Crippen LogP contribution is -2.12. The number of nitrogens with zero attached hydrogens (tertiary/aromatic N) is 3. The van der Waals surface area contributed by atoms with Crippen LogP contribution in [-0.2, 0) is 16.1 Å². The van der Waals surface area contributed by atoms with Crippen LogP contribution in [0.2, 0.25) is 0 Å². The molecule has 0 aliphatic heterocycles. The van der Waals surface area contributed by atoms with Crippen molar-refractivity contribution in [3.8, 4) is 0 Å². The van der Waals surface area contributed by atoms with Gasteiger partial charge in [0.25, 0.3) is 0 Å². The third-order valence-electron chi connectivity index (χ3n) is 4.18. The Morgan fingerprint density at radius 3 is 2.50 bits per heavy atom. The number of benzene rings is 2. The molecule has 0 saturated heterocycles. The summed E-state index contributed by atoms with van der Waals surface area (Å²) < 4.78 is 18.0. The zero-order valence-corrected chi connectivity index (χ0v) is 16.3. The monoisotopic (exact) mass is 409 g/mol. The summed E-state index contributed by atoms with van der Waals surface area (Å²) in [5.41, 5.74) is 7.86. The number of hydrogen-bond donors (Lipinski definition) is 2. The summed E-state index contributed by atoms with van der Waals surface area (Å²) in [7, 11) is 0. The van der Waals surface area contributed by atoms with Gasteiger partial charge in [0, 0.05) is 17.7 Å². The molecule has 2 aromatic carbocycles. The van der Waals surface area contributed by atoms with Crippen LogP contribution in [0.15, 0.2) is 48.5 Å². The van der Waals surface area contributed by atoms with Gasteiger partial charge >= 0.3 is 5.97 Å². The van der Waals surface area contributed by atoms with E-state index < -0.39 is 11.8 Å². The first-order valence-corrected chi connectivity index (χ1v) is 9.18. The molecule has 0 spiro atoms. The second-order valence-electron chi connectivity index (χ2n) is 6.46. The molecule has 0 aliphatic rings. The molecule has 0 bridgehead atoms. The van der Waals surface area contributed by atoms with Crippen LogP contribution < -0.4 is 11.1 Å². The Hall–Kier alpha value is -3.88. The van der Waals surface area contributed by atoms with Gasteiger partial charge in [0.15, 0.2) is 18.2 Å². The summed E-state index contributed by atoms with van der Waals surface area (Å²) in [5.74, 6) is -0.900. The van der Waals surface area contributed by atoms with Crippen molar-refractivity contribution in [3.63, 3.8) is 0 Å². The van der Waals surface area contributed by atoms with Gasteiger partial charge in [-0.25, -0.2) is 4.39 Å². The van der Waals surface area contributed by atoms with E-state index in [1.54, 1.807) is 0 Å². The maximum absolute atomic E-state index is 12.9. The normalized spacial score (nSPS) is 10.5. The largest absolute Gasteiger partial charge is 0.457 e. The van der Waals surface area contributed by atoms with Crippen molar-refractivity contribution in [2.24, 2.45) is 0 Å². The number of esters is 1. The number of para-hydroxylation sites is 1. The summed E-state index contributed by atoms with van der Waals surface area (Å²) in [6.07, 6.45) is -0.172. The molecule has 0 radical (unpaired) electrons. The first kappa shape index (κ1) is 20.8. The number of ketones is 1. The molecule has 9 heteroatoms. The lowest BCUT2D eigenvalue weighted by atomic mass is 10.1. The van der Waals surface area contributed by atoms with Gasteiger partial charge in [0.2, 0.25) is 11.9 Å². The molecule has 3 aromatic rings. The minimum atomic E-state index is -0.585. The highest BCUT2D eigenvalue weighted by Crippen LogP contribution is 2.18. The van der Waals surface area contributed by atoms with E-state index in [0.717, 1.165) is 11.3 Å². The number of anilines is 3. The van der Waals surface area contributed by atoms with E-state index in [1.165, 1.54) is 24.3 Å². The number of carbonyl (C=O) groups is 2. The third kappa shape index (κ3) is 5.81. The zero-order valence-electron chi connectivity index (χ0n) is 16.3. The van der Waals surface area contributed by atoms with Gasteiger partial charge in [0.1, 0.15) is 5.82 Å². The average molecular weight is 409 g/mol.